The molecule has 2 aromatic carbocycles. The molecule has 0 unspecified atom stereocenters. The maximum Gasteiger partial charge on any atom is 0.409 e. The zero-order valence-electron chi connectivity index (χ0n) is 18.1. The van der Waals surface area contributed by atoms with Crippen molar-refractivity contribution in [2.75, 3.05) is 19.7 Å². The Hall–Kier alpha value is -3.61. The number of likely N-dealkylation sites (tertiary alicyclic amines) is 1. The zero-order chi connectivity index (χ0) is 22.7. The lowest BCUT2D eigenvalue weighted by molar-refractivity contribution is -0.140. The number of rotatable bonds is 4. The highest BCUT2D eigenvalue weighted by atomic mass is 16.6. The molecule has 1 saturated heterocycles. The number of benzene rings is 2. The van der Waals surface area contributed by atoms with Crippen LogP contribution in [0.3, 0.4) is 0 Å². The van der Waals surface area contributed by atoms with Crippen LogP contribution in [0.5, 0.6) is 5.75 Å². The lowest BCUT2D eigenvalue weighted by atomic mass is 9.98. The molecule has 1 aliphatic heterocycles. The van der Waals surface area contributed by atoms with E-state index in [0.29, 0.717) is 47.4 Å². The van der Waals surface area contributed by atoms with E-state index in [1.165, 1.54) is 4.90 Å². The number of hydrogen-bond donors (Lipinski definition) is 0. The molecule has 0 radical (unpaired) electrons. The lowest BCUT2D eigenvalue weighted by Crippen LogP contribution is -2.43. The van der Waals surface area contributed by atoms with Crippen molar-refractivity contribution in [1.82, 2.24) is 4.90 Å². The van der Waals surface area contributed by atoms with Gasteiger partial charge in [0.2, 0.25) is 5.43 Å². The molecule has 0 bridgehead atoms. The number of piperidine rings is 1. The van der Waals surface area contributed by atoms with Crippen LogP contribution in [0.4, 0.5) is 4.79 Å². The van der Waals surface area contributed by atoms with E-state index in [1.54, 1.807) is 32.0 Å². The number of fused-ring (bicyclic) bond motifs is 1. The summed E-state index contributed by atoms with van der Waals surface area (Å²) in [5.41, 5.74) is 1.53. The summed E-state index contributed by atoms with van der Waals surface area (Å²) in [6.45, 7) is 4.61. The molecule has 7 heteroatoms. The van der Waals surface area contributed by atoms with Crippen LogP contribution < -0.4 is 10.2 Å². The minimum absolute atomic E-state index is 0.134. The van der Waals surface area contributed by atoms with Gasteiger partial charge in [0.1, 0.15) is 17.1 Å². The van der Waals surface area contributed by atoms with Crippen LogP contribution in [0.15, 0.2) is 57.7 Å². The third-order valence-corrected chi connectivity index (χ3v) is 5.60. The van der Waals surface area contributed by atoms with Crippen LogP contribution in [-0.4, -0.2) is 36.7 Å². The van der Waals surface area contributed by atoms with Gasteiger partial charge in [-0.3, -0.25) is 9.59 Å². The molecular formula is C25H25NO6. The summed E-state index contributed by atoms with van der Waals surface area (Å²) in [5, 5.41) is 0.417. The summed E-state index contributed by atoms with van der Waals surface area (Å²) in [7, 11) is 0. The third kappa shape index (κ3) is 4.37. The van der Waals surface area contributed by atoms with Gasteiger partial charge in [0.05, 0.1) is 23.5 Å². The average molecular weight is 435 g/mol. The van der Waals surface area contributed by atoms with Crippen molar-refractivity contribution in [1.29, 1.82) is 0 Å². The molecule has 4 rings (SSSR count). The Kier molecular flexibility index (Phi) is 6.25. The predicted octanol–water partition coefficient (Wildman–Crippen LogP) is 4.54. The number of nitrogens with zero attached hydrogens (tertiary/aromatic N) is 1. The summed E-state index contributed by atoms with van der Waals surface area (Å²) < 4.78 is 16.5. The number of esters is 1. The number of carbonyl (C=O) groups is 2. The lowest BCUT2D eigenvalue weighted by Gasteiger charge is -2.30. The molecule has 1 atom stereocenters. The highest BCUT2D eigenvalue weighted by molar-refractivity contribution is 5.85. The van der Waals surface area contributed by atoms with Gasteiger partial charge in [-0.05, 0) is 44.4 Å². The maximum absolute atomic E-state index is 13.1. The van der Waals surface area contributed by atoms with Crippen molar-refractivity contribution in [3.8, 4) is 16.9 Å². The fraction of sp³-hybridized carbons (Fsp3) is 0.320. The van der Waals surface area contributed by atoms with Gasteiger partial charge >= 0.3 is 12.1 Å². The Morgan fingerprint density at radius 1 is 1.16 bits per heavy atom. The van der Waals surface area contributed by atoms with Crippen LogP contribution in [0.25, 0.3) is 22.1 Å². The second kappa shape index (κ2) is 9.26. The zero-order valence-corrected chi connectivity index (χ0v) is 18.1. The average Bonchev–Trinajstić information content (AvgIpc) is 2.80. The molecular weight excluding hydrogens is 410 g/mol. The summed E-state index contributed by atoms with van der Waals surface area (Å²) in [5.74, 6) is -0.0586. The molecule has 0 saturated carbocycles. The molecule has 0 spiro atoms. The monoisotopic (exact) mass is 435 g/mol. The minimum atomic E-state index is -0.432. The van der Waals surface area contributed by atoms with E-state index in [0.717, 1.165) is 5.56 Å². The van der Waals surface area contributed by atoms with Crippen LogP contribution >= 0.6 is 0 Å². The largest absolute Gasteiger partial charge is 0.460 e. The van der Waals surface area contributed by atoms with Crippen molar-refractivity contribution >= 4 is 23.0 Å². The topological polar surface area (TPSA) is 86.0 Å². The highest BCUT2D eigenvalue weighted by Crippen LogP contribution is 2.27. The van der Waals surface area contributed by atoms with E-state index in [1.807, 2.05) is 30.3 Å². The Morgan fingerprint density at radius 2 is 1.94 bits per heavy atom. The van der Waals surface area contributed by atoms with Gasteiger partial charge in [0, 0.05) is 19.2 Å². The molecule has 0 N–H and O–H groups in total. The molecule has 2 heterocycles. The van der Waals surface area contributed by atoms with Gasteiger partial charge in [-0.2, -0.15) is 0 Å². The van der Waals surface area contributed by atoms with Gasteiger partial charge in [0.15, 0.2) is 0 Å². The Morgan fingerprint density at radius 3 is 2.69 bits per heavy atom. The van der Waals surface area contributed by atoms with Crippen LogP contribution in [0.1, 0.15) is 25.5 Å². The molecule has 7 nitrogen and oxygen atoms in total. The van der Waals surface area contributed by atoms with E-state index >= 15 is 0 Å². The van der Waals surface area contributed by atoms with E-state index in [2.05, 4.69) is 0 Å². The first-order chi connectivity index (χ1) is 15.5. The quantitative estimate of drug-likeness (QED) is 0.442. The second-order valence-electron chi connectivity index (χ2n) is 7.79. The van der Waals surface area contributed by atoms with Crippen LogP contribution in [0.2, 0.25) is 0 Å². The first-order valence-corrected chi connectivity index (χ1v) is 10.7. The van der Waals surface area contributed by atoms with Crippen molar-refractivity contribution in [2.24, 2.45) is 5.92 Å². The standard InChI is InChI=1S/C25H25NO6/c1-3-30-25(29)26-13-7-10-18(15-26)24(28)32-19-11-12-20-21(14-19)31-16(2)22(23(20)27)17-8-5-4-6-9-17/h4-6,8-9,11-12,14,18H,3,7,10,13,15H2,1-2H3/t18-/m1/s1. The molecule has 1 aliphatic rings. The Bertz CT molecular complexity index is 1200. The summed E-state index contributed by atoms with van der Waals surface area (Å²) in [6.07, 6.45) is 0.922. The van der Waals surface area contributed by atoms with E-state index < -0.39 is 18.0 Å². The van der Waals surface area contributed by atoms with E-state index in [-0.39, 0.29) is 18.6 Å². The first-order valence-electron chi connectivity index (χ1n) is 10.7. The van der Waals surface area contributed by atoms with Gasteiger partial charge in [-0.15, -0.1) is 0 Å². The summed E-state index contributed by atoms with van der Waals surface area (Å²) in [6, 6.07) is 14.1. The van der Waals surface area contributed by atoms with Crippen molar-refractivity contribution < 1.29 is 23.5 Å². The Balaban J connectivity index is 1.55. The van der Waals surface area contributed by atoms with Crippen molar-refractivity contribution in [3.63, 3.8) is 0 Å². The molecule has 32 heavy (non-hydrogen) atoms. The predicted molar refractivity (Wildman–Crippen MR) is 120 cm³/mol. The number of aryl methyl sites for hydroxylation is 1. The summed E-state index contributed by atoms with van der Waals surface area (Å²) in [4.78, 5) is 39.3. The fourth-order valence-electron chi connectivity index (χ4n) is 4.04. The Labute approximate surface area is 185 Å². The second-order valence-corrected chi connectivity index (χ2v) is 7.79. The molecule has 0 aliphatic carbocycles. The smallest absolute Gasteiger partial charge is 0.409 e. The third-order valence-electron chi connectivity index (χ3n) is 5.60. The highest BCUT2D eigenvalue weighted by Gasteiger charge is 2.30. The maximum atomic E-state index is 13.1. The number of carbonyl (C=O) groups excluding carboxylic acids is 2. The van der Waals surface area contributed by atoms with E-state index in [9.17, 15) is 14.4 Å². The van der Waals surface area contributed by atoms with Gasteiger partial charge in [-0.1, -0.05) is 30.3 Å². The molecule has 166 valence electrons. The van der Waals surface area contributed by atoms with Crippen LogP contribution in [-0.2, 0) is 9.53 Å². The van der Waals surface area contributed by atoms with Gasteiger partial charge < -0.3 is 18.8 Å². The normalized spacial score (nSPS) is 16.1. The first kappa shape index (κ1) is 21.6. The number of ether oxygens (including phenoxy) is 2. The molecule has 1 aromatic heterocycles. The van der Waals surface area contributed by atoms with Gasteiger partial charge in [0.25, 0.3) is 0 Å². The SMILES string of the molecule is CCOC(=O)N1CCC[C@@H](C(=O)Oc2ccc3c(=O)c(-c4ccccc4)c(C)oc3c2)C1. The van der Waals surface area contributed by atoms with Crippen molar-refractivity contribution in [2.45, 2.75) is 26.7 Å². The van der Waals surface area contributed by atoms with Crippen LogP contribution in [0, 0.1) is 12.8 Å². The molecule has 3 aromatic rings. The van der Waals surface area contributed by atoms with E-state index in [4.69, 9.17) is 13.9 Å². The minimum Gasteiger partial charge on any atom is -0.460 e. The summed E-state index contributed by atoms with van der Waals surface area (Å²) >= 11 is 0. The fourth-order valence-corrected chi connectivity index (χ4v) is 4.04. The molecule has 1 fully saturated rings. The van der Waals surface area contributed by atoms with Gasteiger partial charge in [-0.25, -0.2) is 4.79 Å². The molecule has 1 amide bonds. The number of amides is 1. The van der Waals surface area contributed by atoms with Crippen molar-refractivity contribution in [3.05, 3.63) is 64.5 Å². The number of hydrogen-bond acceptors (Lipinski definition) is 6.